The largest absolute Gasteiger partial charge is 0.484 e. The van der Waals surface area contributed by atoms with Crippen LogP contribution in [0, 0.1) is 29.6 Å². The van der Waals surface area contributed by atoms with Gasteiger partial charge in [0.1, 0.15) is 5.75 Å². The van der Waals surface area contributed by atoms with E-state index in [1.165, 1.54) is 16.2 Å². The second-order valence-electron chi connectivity index (χ2n) is 11.7. The lowest BCUT2D eigenvalue weighted by atomic mass is 9.68. The van der Waals surface area contributed by atoms with Crippen LogP contribution in [0.5, 0.6) is 5.75 Å². The number of carbonyl (C=O) groups is 3. The third kappa shape index (κ3) is 4.42. The van der Waals surface area contributed by atoms with E-state index in [0.717, 1.165) is 21.9 Å². The second-order valence-corrected chi connectivity index (χ2v) is 14.4. The predicted octanol–water partition coefficient (Wildman–Crippen LogP) is 5.79. The van der Waals surface area contributed by atoms with Crippen molar-refractivity contribution in [3.63, 3.8) is 0 Å². The first-order valence-corrected chi connectivity index (χ1v) is 16.6. The van der Waals surface area contributed by atoms with Crippen molar-refractivity contribution in [3.05, 3.63) is 104 Å². The molecule has 4 aliphatic rings. The molecule has 2 N–H and O–H groups in total. The molecule has 3 heterocycles. The summed E-state index contributed by atoms with van der Waals surface area (Å²) in [6.45, 7) is -0.156. The normalized spacial score (nSPS) is 28.0. The number of nitrogens with zero attached hydrogens (tertiary/aromatic N) is 1. The third-order valence-electron chi connectivity index (χ3n) is 9.48. The van der Waals surface area contributed by atoms with Crippen LogP contribution in [-0.2, 0) is 14.4 Å². The van der Waals surface area contributed by atoms with E-state index in [1.54, 1.807) is 36.0 Å². The first-order chi connectivity index (χ1) is 21.4. The Hall–Kier alpha value is -3.86. The molecule has 2 saturated carbocycles. The average molecular weight is 644 g/mol. The van der Waals surface area contributed by atoms with Gasteiger partial charge in [-0.25, -0.2) is 0 Å². The SMILES string of the molecule is O=C(COc1ccc([C@H]2c3sc(=O)[nH]c3SC3C4CC(C5C(=O)N(c6ccccc6)C(=O)C45)C32)cc1)Nc1ccc(Cl)cc1. The quantitative estimate of drug-likeness (QED) is 0.258. The van der Waals surface area contributed by atoms with Crippen LogP contribution in [-0.4, -0.2) is 34.6 Å². The van der Waals surface area contributed by atoms with Gasteiger partial charge in [-0.3, -0.25) is 24.1 Å². The van der Waals surface area contributed by atoms with Crippen molar-refractivity contribution in [2.75, 3.05) is 16.8 Å². The minimum atomic E-state index is -0.351. The van der Waals surface area contributed by atoms with Crippen LogP contribution < -0.4 is 19.8 Å². The summed E-state index contributed by atoms with van der Waals surface area (Å²) >= 11 is 8.81. The number of H-pyrrole nitrogens is 1. The summed E-state index contributed by atoms with van der Waals surface area (Å²) in [5.41, 5.74) is 2.28. The van der Waals surface area contributed by atoms with Gasteiger partial charge in [-0.15, -0.1) is 11.8 Å². The maximum atomic E-state index is 13.8. The number of thioether (sulfide) groups is 1. The highest BCUT2D eigenvalue weighted by Gasteiger charge is 2.69. The summed E-state index contributed by atoms with van der Waals surface area (Å²) in [6.07, 6.45) is 0.831. The fraction of sp³-hybridized carbons (Fsp3) is 0.273. The van der Waals surface area contributed by atoms with Gasteiger partial charge in [0.15, 0.2) is 6.61 Å². The Bertz CT molecular complexity index is 1840. The van der Waals surface area contributed by atoms with Crippen LogP contribution >= 0.6 is 34.7 Å². The molecule has 8 rings (SSSR count). The molecule has 11 heteroatoms. The average Bonchev–Trinajstić information content (AvgIpc) is 3.77. The van der Waals surface area contributed by atoms with Gasteiger partial charge < -0.3 is 15.0 Å². The number of nitrogens with one attached hydrogen (secondary N) is 2. The van der Waals surface area contributed by atoms with Gasteiger partial charge in [0.2, 0.25) is 11.8 Å². The first kappa shape index (κ1) is 27.7. The zero-order chi connectivity index (χ0) is 30.1. The molecule has 44 heavy (non-hydrogen) atoms. The maximum absolute atomic E-state index is 13.8. The van der Waals surface area contributed by atoms with Crippen LogP contribution in [0.3, 0.4) is 0 Å². The number of carbonyl (C=O) groups excluding carboxylic acids is 3. The van der Waals surface area contributed by atoms with Gasteiger partial charge in [-0.1, -0.05) is 53.3 Å². The van der Waals surface area contributed by atoms with Gasteiger partial charge >= 0.3 is 4.87 Å². The summed E-state index contributed by atoms with van der Waals surface area (Å²) in [4.78, 5) is 57.9. The fourth-order valence-electron chi connectivity index (χ4n) is 7.87. The molecule has 2 aliphatic heterocycles. The molecule has 222 valence electrons. The molecule has 7 atom stereocenters. The number of hydrogen-bond donors (Lipinski definition) is 2. The molecule has 6 unspecified atom stereocenters. The summed E-state index contributed by atoms with van der Waals surface area (Å²) in [5, 5.41) is 4.35. The number of halogens is 1. The van der Waals surface area contributed by atoms with Gasteiger partial charge in [0, 0.05) is 26.8 Å². The summed E-state index contributed by atoms with van der Waals surface area (Å²) in [6, 6.07) is 23.7. The number of anilines is 2. The number of imide groups is 1. The minimum absolute atomic E-state index is 0.0375. The number of thiazole rings is 1. The molecule has 0 spiro atoms. The highest BCUT2D eigenvalue weighted by Crippen LogP contribution is 2.68. The molecule has 4 aromatic rings. The number of amides is 3. The topological polar surface area (TPSA) is 109 Å². The van der Waals surface area contributed by atoms with Crippen molar-refractivity contribution in [3.8, 4) is 5.75 Å². The molecule has 1 aromatic heterocycles. The molecule has 3 aromatic carbocycles. The Balaban J connectivity index is 1.05. The Morgan fingerprint density at radius 3 is 2.36 bits per heavy atom. The van der Waals surface area contributed by atoms with Crippen molar-refractivity contribution in [1.29, 1.82) is 0 Å². The molecule has 8 nitrogen and oxygen atoms in total. The van der Waals surface area contributed by atoms with E-state index in [1.807, 2.05) is 54.6 Å². The fourth-order valence-corrected chi connectivity index (χ4v) is 10.9. The van der Waals surface area contributed by atoms with Crippen LogP contribution in [0.25, 0.3) is 0 Å². The number of aromatic nitrogens is 1. The Morgan fingerprint density at radius 1 is 0.932 bits per heavy atom. The summed E-state index contributed by atoms with van der Waals surface area (Å²) < 4.78 is 5.77. The minimum Gasteiger partial charge on any atom is -0.484 e. The number of ether oxygens (including phenoxy) is 1. The van der Waals surface area contributed by atoms with Gasteiger partial charge in [-0.2, -0.15) is 0 Å². The van der Waals surface area contributed by atoms with E-state index in [4.69, 9.17) is 16.3 Å². The van der Waals surface area contributed by atoms with Gasteiger partial charge in [0.25, 0.3) is 5.91 Å². The number of aromatic amines is 1. The highest BCUT2D eigenvalue weighted by molar-refractivity contribution is 8.00. The lowest BCUT2D eigenvalue weighted by molar-refractivity contribution is -0.123. The molecule has 2 aliphatic carbocycles. The van der Waals surface area contributed by atoms with E-state index in [2.05, 4.69) is 10.3 Å². The molecular weight excluding hydrogens is 618 g/mol. The van der Waals surface area contributed by atoms with Crippen LogP contribution in [0.2, 0.25) is 5.02 Å². The maximum Gasteiger partial charge on any atom is 0.305 e. The Labute approximate surface area is 265 Å². The van der Waals surface area contributed by atoms with Crippen LogP contribution in [0.1, 0.15) is 22.8 Å². The molecule has 2 bridgehead atoms. The van der Waals surface area contributed by atoms with E-state index in [-0.39, 0.29) is 70.0 Å². The first-order valence-electron chi connectivity index (χ1n) is 14.5. The lowest BCUT2D eigenvalue weighted by Gasteiger charge is -2.43. The predicted molar refractivity (Wildman–Crippen MR) is 169 cm³/mol. The smallest absolute Gasteiger partial charge is 0.305 e. The lowest BCUT2D eigenvalue weighted by Crippen LogP contribution is -2.42. The van der Waals surface area contributed by atoms with E-state index >= 15 is 0 Å². The van der Waals surface area contributed by atoms with Crippen molar-refractivity contribution < 1.29 is 19.1 Å². The third-order valence-corrected chi connectivity index (χ3v) is 12.3. The van der Waals surface area contributed by atoms with Crippen molar-refractivity contribution in [1.82, 2.24) is 4.98 Å². The van der Waals surface area contributed by atoms with Crippen molar-refractivity contribution in [2.45, 2.75) is 22.6 Å². The number of hydrogen-bond acceptors (Lipinski definition) is 7. The van der Waals surface area contributed by atoms with E-state index < -0.39 is 0 Å². The van der Waals surface area contributed by atoms with Crippen LogP contribution in [0.4, 0.5) is 11.4 Å². The summed E-state index contributed by atoms with van der Waals surface area (Å²) in [5.74, 6) is -0.507. The highest BCUT2D eigenvalue weighted by atomic mass is 35.5. The molecule has 1 saturated heterocycles. The van der Waals surface area contributed by atoms with Gasteiger partial charge in [-0.05, 0) is 78.3 Å². The Kier molecular flexibility index (Phi) is 6.69. The number of fused-ring (bicyclic) bond motifs is 9. The number of benzene rings is 3. The van der Waals surface area contributed by atoms with Crippen molar-refractivity contribution in [2.24, 2.45) is 29.6 Å². The molecular formula is C33H26ClN3O5S2. The van der Waals surface area contributed by atoms with Crippen molar-refractivity contribution >= 4 is 63.8 Å². The zero-order valence-electron chi connectivity index (χ0n) is 23.1. The molecule has 3 amide bonds. The summed E-state index contributed by atoms with van der Waals surface area (Å²) in [7, 11) is 0. The number of rotatable bonds is 6. The monoisotopic (exact) mass is 643 g/mol. The Morgan fingerprint density at radius 2 is 1.64 bits per heavy atom. The van der Waals surface area contributed by atoms with E-state index in [0.29, 0.717) is 22.1 Å². The zero-order valence-corrected chi connectivity index (χ0v) is 25.5. The molecule has 0 radical (unpaired) electrons. The van der Waals surface area contributed by atoms with Crippen LogP contribution in [0.15, 0.2) is 88.7 Å². The van der Waals surface area contributed by atoms with Gasteiger partial charge in [0.05, 0.1) is 22.5 Å². The number of para-hydroxylation sites is 1. The second kappa shape index (κ2) is 10.6. The van der Waals surface area contributed by atoms with E-state index in [9.17, 15) is 19.2 Å². The molecule has 3 fully saturated rings. The standard InChI is InChI=1S/C33H26ClN3O5S2/c34-17-8-10-18(11-9-17)35-23(38)15-42-20-12-6-16(7-13-20)24-25-21-14-22(28(25)43-30-29(24)44-33(41)36-30)27-26(21)31(39)37(32(27)40)19-4-2-1-3-5-19/h1-13,21-22,24-28H,14-15H2,(H,35,38)(H,36,41)/t21?,22?,24-,25?,26?,27?,28?/m1/s1.